The molecule has 0 aliphatic carbocycles. The van der Waals surface area contributed by atoms with Crippen LogP contribution >= 0.6 is 0 Å². The summed E-state index contributed by atoms with van der Waals surface area (Å²) >= 11 is 0. The van der Waals surface area contributed by atoms with Gasteiger partial charge in [-0.1, -0.05) is 29.8 Å². The van der Waals surface area contributed by atoms with E-state index in [9.17, 15) is 19.2 Å². The summed E-state index contributed by atoms with van der Waals surface area (Å²) in [6, 6.07) is 13.4. The molecule has 0 unspecified atom stereocenters. The number of anilines is 1. The van der Waals surface area contributed by atoms with Gasteiger partial charge < -0.3 is 19.7 Å². The summed E-state index contributed by atoms with van der Waals surface area (Å²) in [5, 5.41) is 2.81. The Balaban J connectivity index is 0.000000317. The molecule has 2 aromatic carbocycles. The molecular formula is C27H36N4O6. The first-order valence-electron chi connectivity index (χ1n) is 11.7. The number of aromatic nitrogens is 2. The Kier molecular flexibility index (Phi) is 9.65. The van der Waals surface area contributed by atoms with Gasteiger partial charge in [0.25, 0.3) is 5.56 Å². The van der Waals surface area contributed by atoms with Crippen LogP contribution in [0.1, 0.15) is 31.9 Å². The summed E-state index contributed by atoms with van der Waals surface area (Å²) < 4.78 is 12.0. The van der Waals surface area contributed by atoms with Crippen molar-refractivity contribution in [1.82, 2.24) is 14.5 Å². The van der Waals surface area contributed by atoms with Crippen LogP contribution in [0, 0.1) is 6.92 Å². The number of rotatable bonds is 5. The number of fused-ring (bicyclic) bond motifs is 1. The molecule has 0 bridgehead atoms. The highest BCUT2D eigenvalue weighted by molar-refractivity contribution is 5.82. The number of nitrogens with one attached hydrogen (secondary N) is 1. The van der Waals surface area contributed by atoms with Crippen molar-refractivity contribution in [2.45, 2.75) is 39.8 Å². The van der Waals surface area contributed by atoms with Crippen LogP contribution in [0.3, 0.4) is 0 Å². The Morgan fingerprint density at radius 1 is 1.05 bits per heavy atom. The molecule has 1 aromatic heterocycles. The number of hydrogen-bond donors (Lipinski definition) is 1. The minimum Gasteiger partial charge on any atom is -0.468 e. The third-order valence-electron chi connectivity index (χ3n) is 5.28. The number of esters is 1. The van der Waals surface area contributed by atoms with Gasteiger partial charge in [0.1, 0.15) is 12.1 Å². The molecule has 1 heterocycles. The molecule has 0 atom stereocenters. The van der Waals surface area contributed by atoms with Crippen molar-refractivity contribution in [3.8, 4) is 0 Å². The first kappa shape index (κ1) is 29.2. The number of aryl methyl sites for hydroxylation is 2. The van der Waals surface area contributed by atoms with Gasteiger partial charge in [-0.2, -0.15) is 0 Å². The van der Waals surface area contributed by atoms with Crippen LogP contribution < -0.4 is 21.5 Å². The fourth-order valence-corrected chi connectivity index (χ4v) is 3.45. The molecule has 200 valence electrons. The molecule has 37 heavy (non-hydrogen) atoms. The monoisotopic (exact) mass is 512 g/mol. The Morgan fingerprint density at radius 2 is 1.73 bits per heavy atom. The maximum atomic E-state index is 12.9. The third-order valence-corrected chi connectivity index (χ3v) is 5.28. The quantitative estimate of drug-likeness (QED) is 0.523. The third kappa shape index (κ3) is 8.23. The average Bonchev–Trinajstić information content (AvgIpc) is 2.82. The van der Waals surface area contributed by atoms with Crippen molar-refractivity contribution in [2.75, 3.05) is 32.6 Å². The Labute approximate surface area is 216 Å². The highest BCUT2D eigenvalue weighted by Gasteiger charge is 2.16. The number of carbonyl (C=O) groups is 2. The van der Waals surface area contributed by atoms with Gasteiger partial charge in [-0.15, -0.1) is 0 Å². The summed E-state index contributed by atoms with van der Waals surface area (Å²) in [6.45, 7) is 7.31. The zero-order chi connectivity index (χ0) is 27.9. The molecule has 3 aromatic rings. The van der Waals surface area contributed by atoms with Gasteiger partial charge >= 0.3 is 17.8 Å². The zero-order valence-electron chi connectivity index (χ0n) is 22.7. The van der Waals surface area contributed by atoms with Crippen molar-refractivity contribution in [3.05, 3.63) is 74.4 Å². The summed E-state index contributed by atoms with van der Waals surface area (Å²) in [6.07, 6.45) is -0.627. The van der Waals surface area contributed by atoms with Crippen LogP contribution in [-0.4, -0.2) is 54.5 Å². The fourth-order valence-electron chi connectivity index (χ4n) is 3.45. The van der Waals surface area contributed by atoms with Crippen molar-refractivity contribution < 1.29 is 19.1 Å². The van der Waals surface area contributed by atoms with E-state index in [-0.39, 0.29) is 24.3 Å². The lowest BCUT2D eigenvalue weighted by molar-refractivity contribution is -0.139. The molecule has 0 aliphatic heterocycles. The second-order valence-electron chi connectivity index (χ2n) is 9.75. The number of nitrogens with zero attached hydrogens (tertiary/aromatic N) is 3. The predicted molar refractivity (Wildman–Crippen MR) is 144 cm³/mol. The van der Waals surface area contributed by atoms with Crippen molar-refractivity contribution in [3.63, 3.8) is 0 Å². The first-order valence-corrected chi connectivity index (χ1v) is 11.7. The number of alkyl carbamates (subject to hydrolysis) is 1. The van der Waals surface area contributed by atoms with E-state index in [0.29, 0.717) is 10.9 Å². The Bertz CT molecular complexity index is 1380. The molecule has 10 heteroatoms. The molecule has 0 spiro atoms. The minimum absolute atomic E-state index is 0.175. The Hall–Kier alpha value is -4.08. The van der Waals surface area contributed by atoms with Crippen LogP contribution in [0.25, 0.3) is 10.9 Å². The molecule has 3 rings (SSSR count). The summed E-state index contributed by atoms with van der Waals surface area (Å²) in [4.78, 5) is 49.0. The largest absolute Gasteiger partial charge is 0.468 e. The van der Waals surface area contributed by atoms with Crippen LogP contribution in [0.2, 0.25) is 0 Å². The van der Waals surface area contributed by atoms with Gasteiger partial charge in [0.15, 0.2) is 0 Å². The van der Waals surface area contributed by atoms with E-state index < -0.39 is 17.7 Å². The van der Waals surface area contributed by atoms with E-state index in [1.54, 1.807) is 27.8 Å². The molecule has 0 saturated heterocycles. The van der Waals surface area contributed by atoms with Gasteiger partial charge in [-0.05, 0) is 51.5 Å². The van der Waals surface area contributed by atoms with Crippen molar-refractivity contribution in [1.29, 1.82) is 0 Å². The number of hydrogen-bond acceptors (Lipinski definition) is 7. The van der Waals surface area contributed by atoms with Crippen LogP contribution in [0.4, 0.5) is 10.5 Å². The fraction of sp³-hybridized carbons (Fsp3) is 0.407. The second-order valence-corrected chi connectivity index (χ2v) is 9.75. The van der Waals surface area contributed by atoms with Gasteiger partial charge in [0.2, 0.25) is 0 Å². The number of amides is 1. The highest BCUT2D eigenvalue weighted by Crippen LogP contribution is 2.17. The maximum absolute atomic E-state index is 12.9. The SMILES string of the molecule is COC(=O)CNC(=O)OC(C)(C)C.Cc1cccc(Cn2c(=O)c3cc(N(C)C)ccc3n(C)c2=O)c1. The highest BCUT2D eigenvalue weighted by atomic mass is 16.6. The van der Waals surface area contributed by atoms with Crippen molar-refractivity contribution >= 4 is 28.7 Å². The summed E-state index contributed by atoms with van der Waals surface area (Å²) in [5.74, 6) is -0.508. The van der Waals surface area contributed by atoms with Gasteiger partial charge in [0, 0.05) is 26.8 Å². The number of ether oxygens (including phenoxy) is 2. The van der Waals surface area contributed by atoms with Crippen molar-refractivity contribution in [2.24, 2.45) is 7.05 Å². The molecular weight excluding hydrogens is 476 g/mol. The van der Waals surface area contributed by atoms with Crippen LogP contribution in [-0.2, 0) is 27.9 Å². The van der Waals surface area contributed by atoms with E-state index in [1.807, 2.05) is 68.4 Å². The van der Waals surface area contributed by atoms with E-state index in [2.05, 4.69) is 10.1 Å². The topological polar surface area (TPSA) is 112 Å². The number of benzene rings is 2. The van der Waals surface area contributed by atoms with Crippen LogP contribution in [0.15, 0.2) is 52.1 Å². The number of methoxy groups -OCH3 is 1. The van der Waals surface area contributed by atoms with E-state index in [1.165, 1.54) is 16.2 Å². The molecule has 0 fully saturated rings. The second kappa shape index (κ2) is 12.2. The molecule has 10 nitrogen and oxygen atoms in total. The van der Waals surface area contributed by atoms with Crippen LogP contribution in [0.5, 0.6) is 0 Å². The number of carbonyl (C=O) groups excluding carboxylic acids is 2. The summed E-state index contributed by atoms with van der Waals surface area (Å²) in [7, 11) is 6.80. The lowest BCUT2D eigenvalue weighted by Crippen LogP contribution is -2.39. The first-order chi connectivity index (χ1) is 17.2. The van der Waals surface area contributed by atoms with E-state index in [0.717, 1.165) is 16.8 Å². The molecule has 1 amide bonds. The van der Waals surface area contributed by atoms with Gasteiger partial charge in [0.05, 0.1) is 24.6 Å². The average molecular weight is 513 g/mol. The van der Waals surface area contributed by atoms with E-state index in [4.69, 9.17) is 4.74 Å². The zero-order valence-corrected chi connectivity index (χ0v) is 22.7. The summed E-state index contributed by atoms with van der Waals surface area (Å²) in [5.41, 5.74) is 2.52. The molecule has 0 saturated carbocycles. The predicted octanol–water partition coefficient (Wildman–Crippen LogP) is 2.81. The minimum atomic E-state index is -0.627. The van der Waals surface area contributed by atoms with Gasteiger partial charge in [-0.3, -0.25) is 18.7 Å². The molecule has 1 N–H and O–H groups in total. The lowest BCUT2D eigenvalue weighted by atomic mass is 10.1. The molecule has 0 aliphatic rings. The Morgan fingerprint density at radius 3 is 2.30 bits per heavy atom. The molecule has 0 radical (unpaired) electrons. The van der Waals surface area contributed by atoms with E-state index >= 15 is 0 Å². The lowest BCUT2D eigenvalue weighted by Gasteiger charge is -2.19. The van der Waals surface area contributed by atoms with Gasteiger partial charge in [-0.25, -0.2) is 9.59 Å². The maximum Gasteiger partial charge on any atom is 0.408 e. The smallest absolute Gasteiger partial charge is 0.408 e. The normalized spacial score (nSPS) is 10.8. The standard InChI is InChI=1S/C19H21N3O2.C8H15NO4/c1-13-6-5-7-14(10-13)12-22-18(23)16-11-15(20(2)3)8-9-17(16)21(4)19(22)24;1-8(2,3)13-7(11)9-5-6(10)12-4/h5-11H,12H2,1-4H3;5H2,1-4H3,(H,9,11).